The number of carbonyl (C=O) groups excluding carboxylic acids is 2. The first kappa shape index (κ1) is 16.7. The molecule has 0 aromatic heterocycles. The van der Waals surface area contributed by atoms with Crippen molar-refractivity contribution in [3.05, 3.63) is 64.6 Å². The predicted molar refractivity (Wildman–Crippen MR) is 88.8 cm³/mol. The molecule has 0 saturated carbocycles. The molecule has 0 unspecified atom stereocenters. The van der Waals surface area contributed by atoms with Crippen LogP contribution in [0.1, 0.15) is 10.4 Å². The Morgan fingerprint density at radius 2 is 1.74 bits per heavy atom. The molecule has 0 saturated heterocycles. The molecule has 0 N–H and O–H groups in total. The quantitative estimate of drug-likeness (QED) is 0.596. The van der Waals surface area contributed by atoms with E-state index >= 15 is 0 Å². The van der Waals surface area contributed by atoms with Crippen LogP contribution in [0.2, 0.25) is 0 Å². The fourth-order valence-electron chi connectivity index (χ4n) is 1.88. The van der Waals surface area contributed by atoms with Crippen molar-refractivity contribution in [1.82, 2.24) is 0 Å². The standard InChI is InChI=1S/C17H13BrN2O3/c18-14-8-6-13(7-9-14)17(22)23-12-16(21)20(11-10-19)15-4-2-1-3-5-15/h1-9H,11-12H2. The summed E-state index contributed by atoms with van der Waals surface area (Å²) in [6.07, 6.45) is 0. The molecule has 6 heteroatoms. The van der Waals surface area contributed by atoms with Gasteiger partial charge in [0.25, 0.3) is 5.91 Å². The Bertz CT molecular complexity index is 724. The Morgan fingerprint density at radius 1 is 1.09 bits per heavy atom. The molecule has 2 aromatic rings. The first-order valence-electron chi connectivity index (χ1n) is 6.77. The van der Waals surface area contributed by atoms with Crippen molar-refractivity contribution in [3.8, 4) is 6.07 Å². The molecular formula is C17H13BrN2O3. The third kappa shape index (κ3) is 4.66. The van der Waals surface area contributed by atoms with Gasteiger partial charge in [-0.25, -0.2) is 4.79 Å². The highest BCUT2D eigenvalue weighted by atomic mass is 79.9. The lowest BCUT2D eigenvalue weighted by molar-refractivity contribution is -0.121. The number of para-hydroxylation sites is 1. The maximum Gasteiger partial charge on any atom is 0.338 e. The van der Waals surface area contributed by atoms with E-state index in [1.807, 2.05) is 12.1 Å². The van der Waals surface area contributed by atoms with Gasteiger partial charge >= 0.3 is 5.97 Å². The molecule has 23 heavy (non-hydrogen) atoms. The van der Waals surface area contributed by atoms with Gasteiger partial charge in [-0.05, 0) is 36.4 Å². The number of halogens is 1. The van der Waals surface area contributed by atoms with Crippen molar-refractivity contribution in [2.24, 2.45) is 0 Å². The number of hydrogen-bond acceptors (Lipinski definition) is 4. The molecule has 5 nitrogen and oxygen atoms in total. The second kappa shape index (κ2) is 8.11. The van der Waals surface area contributed by atoms with E-state index in [2.05, 4.69) is 15.9 Å². The zero-order valence-corrected chi connectivity index (χ0v) is 13.7. The third-order valence-electron chi connectivity index (χ3n) is 3.00. The van der Waals surface area contributed by atoms with E-state index in [0.29, 0.717) is 11.3 Å². The maximum atomic E-state index is 12.2. The summed E-state index contributed by atoms with van der Waals surface area (Å²) in [6.45, 7) is -0.538. The summed E-state index contributed by atoms with van der Waals surface area (Å²) in [6, 6.07) is 17.3. The highest BCUT2D eigenvalue weighted by Gasteiger charge is 2.17. The van der Waals surface area contributed by atoms with Crippen molar-refractivity contribution in [2.45, 2.75) is 0 Å². The molecule has 0 heterocycles. The number of nitrogens with zero attached hydrogens (tertiary/aromatic N) is 2. The summed E-state index contributed by atoms with van der Waals surface area (Å²) in [5.74, 6) is -1.04. The molecule has 0 aliphatic heterocycles. The Hall–Kier alpha value is -2.65. The second-order valence-electron chi connectivity index (χ2n) is 4.56. The lowest BCUT2D eigenvalue weighted by Crippen LogP contribution is -2.35. The van der Waals surface area contributed by atoms with Crippen LogP contribution in [0.25, 0.3) is 0 Å². The van der Waals surface area contributed by atoms with Crippen LogP contribution < -0.4 is 4.90 Å². The minimum Gasteiger partial charge on any atom is -0.452 e. The average Bonchev–Trinajstić information content (AvgIpc) is 2.58. The van der Waals surface area contributed by atoms with Crippen LogP contribution in [-0.4, -0.2) is 25.0 Å². The lowest BCUT2D eigenvalue weighted by Gasteiger charge is -2.19. The van der Waals surface area contributed by atoms with Gasteiger partial charge in [-0.15, -0.1) is 0 Å². The Labute approximate surface area is 142 Å². The van der Waals surface area contributed by atoms with Gasteiger partial charge in [0, 0.05) is 10.2 Å². The number of hydrogen-bond donors (Lipinski definition) is 0. The van der Waals surface area contributed by atoms with Crippen molar-refractivity contribution in [2.75, 3.05) is 18.1 Å². The molecule has 0 fully saturated rings. The van der Waals surface area contributed by atoms with E-state index in [1.54, 1.807) is 48.5 Å². The van der Waals surface area contributed by atoms with Crippen LogP contribution in [0.15, 0.2) is 59.1 Å². The predicted octanol–water partition coefficient (Wildman–Crippen LogP) is 3.16. The Kier molecular flexibility index (Phi) is 5.89. The second-order valence-corrected chi connectivity index (χ2v) is 5.47. The van der Waals surface area contributed by atoms with Crippen LogP contribution in [0, 0.1) is 11.3 Å². The van der Waals surface area contributed by atoms with Crippen molar-refractivity contribution < 1.29 is 14.3 Å². The average molecular weight is 373 g/mol. The van der Waals surface area contributed by atoms with Gasteiger partial charge < -0.3 is 4.74 Å². The lowest BCUT2D eigenvalue weighted by atomic mass is 10.2. The monoisotopic (exact) mass is 372 g/mol. The van der Waals surface area contributed by atoms with E-state index < -0.39 is 18.5 Å². The van der Waals surface area contributed by atoms with Gasteiger partial charge in [-0.2, -0.15) is 5.26 Å². The summed E-state index contributed by atoms with van der Waals surface area (Å²) < 4.78 is 5.87. The SMILES string of the molecule is N#CCN(C(=O)COC(=O)c1ccc(Br)cc1)c1ccccc1. The topological polar surface area (TPSA) is 70.4 Å². The normalized spacial score (nSPS) is 9.74. The van der Waals surface area contributed by atoms with E-state index in [-0.39, 0.29) is 6.54 Å². The van der Waals surface area contributed by atoms with Gasteiger partial charge in [-0.1, -0.05) is 34.1 Å². The van der Waals surface area contributed by atoms with E-state index in [4.69, 9.17) is 10.00 Å². The van der Waals surface area contributed by atoms with Crippen LogP contribution >= 0.6 is 15.9 Å². The number of ether oxygens (including phenoxy) is 1. The summed E-state index contributed by atoms with van der Waals surface area (Å²) in [5, 5.41) is 8.87. The summed E-state index contributed by atoms with van der Waals surface area (Å²) in [4.78, 5) is 25.4. The van der Waals surface area contributed by atoms with E-state index in [1.165, 1.54) is 4.90 Å². The molecule has 0 bridgehead atoms. The fourth-order valence-corrected chi connectivity index (χ4v) is 2.14. The summed E-state index contributed by atoms with van der Waals surface area (Å²) >= 11 is 3.28. The number of amides is 1. The minimum absolute atomic E-state index is 0.112. The molecular weight excluding hydrogens is 360 g/mol. The van der Waals surface area contributed by atoms with E-state index in [9.17, 15) is 9.59 Å². The summed E-state index contributed by atoms with van der Waals surface area (Å²) in [7, 11) is 0. The third-order valence-corrected chi connectivity index (χ3v) is 3.53. The molecule has 0 aliphatic rings. The molecule has 0 spiro atoms. The first-order valence-corrected chi connectivity index (χ1v) is 7.56. The molecule has 116 valence electrons. The zero-order chi connectivity index (χ0) is 16.7. The number of benzene rings is 2. The van der Waals surface area contributed by atoms with Gasteiger partial charge in [0.05, 0.1) is 11.6 Å². The van der Waals surface area contributed by atoms with Crippen LogP contribution in [0.4, 0.5) is 5.69 Å². The molecule has 0 atom stereocenters. The Balaban J connectivity index is 2.01. The van der Waals surface area contributed by atoms with Crippen molar-refractivity contribution in [1.29, 1.82) is 5.26 Å². The zero-order valence-electron chi connectivity index (χ0n) is 12.1. The highest BCUT2D eigenvalue weighted by molar-refractivity contribution is 9.10. The molecule has 1 amide bonds. The highest BCUT2D eigenvalue weighted by Crippen LogP contribution is 2.14. The number of esters is 1. The molecule has 0 aliphatic carbocycles. The van der Waals surface area contributed by atoms with Gasteiger partial charge in [0.15, 0.2) is 6.61 Å². The molecule has 2 aromatic carbocycles. The van der Waals surface area contributed by atoms with Gasteiger partial charge in [-0.3, -0.25) is 9.69 Å². The van der Waals surface area contributed by atoms with Crippen LogP contribution in [0.5, 0.6) is 0 Å². The van der Waals surface area contributed by atoms with Crippen LogP contribution in [0.3, 0.4) is 0 Å². The fraction of sp³-hybridized carbons (Fsp3) is 0.118. The van der Waals surface area contributed by atoms with Crippen molar-refractivity contribution in [3.63, 3.8) is 0 Å². The maximum absolute atomic E-state index is 12.2. The number of rotatable bonds is 5. The largest absolute Gasteiger partial charge is 0.452 e. The summed E-state index contributed by atoms with van der Waals surface area (Å²) in [5.41, 5.74) is 0.936. The molecule has 2 rings (SSSR count). The number of nitriles is 1. The molecule has 0 radical (unpaired) electrons. The number of anilines is 1. The Morgan fingerprint density at radius 3 is 2.35 bits per heavy atom. The van der Waals surface area contributed by atoms with Crippen molar-refractivity contribution >= 4 is 33.5 Å². The van der Waals surface area contributed by atoms with Crippen LogP contribution in [-0.2, 0) is 9.53 Å². The van der Waals surface area contributed by atoms with Gasteiger partial charge in [0.1, 0.15) is 6.54 Å². The smallest absolute Gasteiger partial charge is 0.338 e. The number of carbonyl (C=O) groups is 2. The minimum atomic E-state index is -0.587. The van der Waals surface area contributed by atoms with E-state index in [0.717, 1.165) is 4.47 Å². The first-order chi connectivity index (χ1) is 11.1. The van der Waals surface area contributed by atoms with Gasteiger partial charge in [0.2, 0.25) is 0 Å².